The van der Waals surface area contributed by atoms with Crippen LogP contribution in [0.15, 0.2) is 23.8 Å². The van der Waals surface area contributed by atoms with E-state index < -0.39 is 0 Å². The number of hydrogen-bond acceptors (Lipinski definition) is 2. The number of hydrogen-bond donors (Lipinski definition) is 2. The second-order valence-electron chi connectivity index (χ2n) is 3.94. The van der Waals surface area contributed by atoms with E-state index in [1.165, 1.54) is 5.57 Å². The van der Waals surface area contributed by atoms with Gasteiger partial charge in [0, 0.05) is 0 Å². The molecule has 1 fully saturated rings. The molecule has 0 bridgehead atoms. The monoisotopic (exact) mass is 179 g/mol. The number of aliphatic hydroxyl groups excluding tert-OH is 1. The molecule has 2 aliphatic carbocycles. The first-order chi connectivity index (χ1) is 6.33. The van der Waals surface area contributed by atoms with Gasteiger partial charge in [-0.05, 0) is 37.8 Å². The minimum absolute atomic E-state index is 0.184. The summed E-state index contributed by atoms with van der Waals surface area (Å²) in [6.45, 7) is 0. The van der Waals surface area contributed by atoms with Gasteiger partial charge in [0.2, 0.25) is 0 Å². The fourth-order valence-electron chi connectivity index (χ4n) is 2.46. The lowest BCUT2D eigenvalue weighted by atomic mass is 9.75. The van der Waals surface area contributed by atoms with Crippen molar-refractivity contribution in [1.82, 2.24) is 5.32 Å². The van der Waals surface area contributed by atoms with Crippen LogP contribution in [-0.4, -0.2) is 24.3 Å². The van der Waals surface area contributed by atoms with Gasteiger partial charge in [0.15, 0.2) is 0 Å². The van der Waals surface area contributed by atoms with Crippen LogP contribution in [-0.2, 0) is 0 Å². The van der Waals surface area contributed by atoms with Gasteiger partial charge in [-0.1, -0.05) is 18.2 Å². The zero-order valence-corrected chi connectivity index (χ0v) is 8.03. The Kier molecular flexibility index (Phi) is 2.51. The smallest absolute Gasteiger partial charge is 0.0732 e. The van der Waals surface area contributed by atoms with Crippen molar-refractivity contribution in [2.24, 2.45) is 5.92 Å². The normalized spacial score (nSPS) is 38.3. The third kappa shape index (κ3) is 1.56. The van der Waals surface area contributed by atoms with Gasteiger partial charge < -0.3 is 10.4 Å². The topological polar surface area (TPSA) is 32.3 Å². The Morgan fingerprint density at radius 1 is 1.46 bits per heavy atom. The molecule has 13 heavy (non-hydrogen) atoms. The zero-order valence-electron chi connectivity index (χ0n) is 8.03. The van der Waals surface area contributed by atoms with Crippen LogP contribution in [0.1, 0.15) is 19.3 Å². The Labute approximate surface area is 79.3 Å². The Bertz CT molecular complexity index is 244. The Balaban J connectivity index is 2.21. The predicted molar refractivity (Wildman–Crippen MR) is 53.4 cm³/mol. The standard InChI is InChI=1S/C11H17NO/c1-12-11-9-5-3-2-4-8(9)6-7-10(11)13/h2-3,5,8,10-13H,4,6-7H2,1H3/t8?,10-,11-/m1/s1. The molecule has 2 nitrogen and oxygen atoms in total. The molecule has 2 aliphatic rings. The first-order valence-electron chi connectivity index (χ1n) is 5.05. The van der Waals surface area contributed by atoms with Crippen LogP contribution in [0, 0.1) is 5.92 Å². The molecule has 0 spiro atoms. The van der Waals surface area contributed by atoms with E-state index in [-0.39, 0.29) is 12.1 Å². The summed E-state index contributed by atoms with van der Waals surface area (Å²) >= 11 is 0. The summed E-state index contributed by atoms with van der Waals surface area (Å²) in [6, 6.07) is 0.184. The Morgan fingerprint density at radius 2 is 2.31 bits per heavy atom. The molecular weight excluding hydrogens is 162 g/mol. The van der Waals surface area contributed by atoms with E-state index in [0.29, 0.717) is 5.92 Å². The van der Waals surface area contributed by atoms with Crippen LogP contribution in [0.25, 0.3) is 0 Å². The first kappa shape index (κ1) is 8.97. The second kappa shape index (κ2) is 3.64. The van der Waals surface area contributed by atoms with Gasteiger partial charge in [-0.15, -0.1) is 0 Å². The Morgan fingerprint density at radius 3 is 3.08 bits per heavy atom. The number of fused-ring (bicyclic) bond motifs is 1. The molecule has 2 N–H and O–H groups in total. The molecule has 3 atom stereocenters. The number of nitrogens with one attached hydrogen (secondary N) is 1. The lowest BCUT2D eigenvalue weighted by Crippen LogP contribution is -2.45. The van der Waals surface area contributed by atoms with Crippen molar-refractivity contribution in [3.05, 3.63) is 23.8 Å². The van der Waals surface area contributed by atoms with E-state index in [9.17, 15) is 5.11 Å². The molecule has 0 amide bonds. The van der Waals surface area contributed by atoms with E-state index in [2.05, 4.69) is 23.5 Å². The number of likely N-dealkylation sites (N-methyl/N-ethyl adjacent to an activating group) is 1. The summed E-state index contributed by atoms with van der Waals surface area (Å²) in [5, 5.41) is 13.0. The van der Waals surface area contributed by atoms with E-state index in [1.54, 1.807) is 0 Å². The Hall–Kier alpha value is -0.600. The number of aliphatic hydroxyl groups is 1. The molecule has 0 aromatic carbocycles. The van der Waals surface area contributed by atoms with Gasteiger partial charge in [0.25, 0.3) is 0 Å². The maximum absolute atomic E-state index is 9.78. The molecule has 0 aromatic rings. The highest BCUT2D eigenvalue weighted by atomic mass is 16.3. The van der Waals surface area contributed by atoms with E-state index in [1.807, 2.05) is 7.05 Å². The first-order valence-corrected chi connectivity index (χ1v) is 5.05. The van der Waals surface area contributed by atoms with Crippen molar-refractivity contribution >= 4 is 0 Å². The zero-order chi connectivity index (χ0) is 9.26. The van der Waals surface area contributed by atoms with Crippen molar-refractivity contribution in [3.8, 4) is 0 Å². The van der Waals surface area contributed by atoms with Crippen molar-refractivity contribution in [1.29, 1.82) is 0 Å². The van der Waals surface area contributed by atoms with Crippen LogP contribution < -0.4 is 5.32 Å². The second-order valence-corrected chi connectivity index (χ2v) is 3.94. The third-order valence-corrected chi connectivity index (χ3v) is 3.18. The lowest BCUT2D eigenvalue weighted by molar-refractivity contribution is 0.105. The molecule has 0 saturated heterocycles. The van der Waals surface area contributed by atoms with E-state index >= 15 is 0 Å². The lowest BCUT2D eigenvalue weighted by Gasteiger charge is -2.37. The summed E-state index contributed by atoms with van der Waals surface area (Å²) in [5.41, 5.74) is 1.39. The molecule has 1 saturated carbocycles. The van der Waals surface area contributed by atoms with Gasteiger partial charge in [-0.3, -0.25) is 0 Å². The van der Waals surface area contributed by atoms with Gasteiger partial charge in [0.05, 0.1) is 12.1 Å². The molecule has 0 heterocycles. The highest BCUT2D eigenvalue weighted by molar-refractivity contribution is 5.28. The molecule has 1 unspecified atom stereocenters. The fraction of sp³-hybridized carbons (Fsp3) is 0.636. The van der Waals surface area contributed by atoms with Gasteiger partial charge >= 0.3 is 0 Å². The summed E-state index contributed by atoms with van der Waals surface area (Å²) in [7, 11) is 1.93. The van der Waals surface area contributed by atoms with Crippen LogP contribution in [0.4, 0.5) is 0 Å². The van der Waals surface area contributed by atoms with Gasteiger partial charge in [-0.25, -0.2) is 0 Å². The average molecular weight is 179 g/mol. The third-order valence-electron chi connectivity index (χ3n) is 3.18. The molecule has 0 aromatic heterocycles. The average Bonchev–Trinajstić information content (AvgIpc) is 2.18. The van der Waals surface area contributed by atoms with Crippen molar-refractivity contribution in [3.63, 3.8) is 0 Å². The summed E-state index contributed by atoms with van der Waals surface area (Å²) in [5.74, 6) is 0.672. The molecule has 72 valence electrons. The summed E-state index contributed by atoms with van der Waals surface area (Å²) in [6.07, 6.45) is 9.51. The quantitative estimate of drug-likeness (QED) is 0.634. The van der Waals surface area contributed by atoms with Crippen molar-refractivity contribution < 1.29 is 5.11 Å². The van der Waals surface area contributed by atoms with Crippen molar-refractivity contribution in [2.75, 3.05) is 7.05 Å². The minimum atomic E-state index is -0.195. The molecular formula is C11H17NO. The summed E-state index contributed by atoms with van der Waals surface area (Å²) < 4.78 is 0. The summed E-state index contributed by atoms with van der Waals surface area (Å²) in [4.78, 5) is 0. The molecule has 2 heteroatoms. The number of rotatable bonds is 1. The van der Waals surface area contributed by atoms with Crippen molar-refractivity contribution in [2.45, 2.75) is 31.4 Å². The van der Waals surface area contributed by atoms with Crippen LogP contribution in [0.5, 0.6) is 0 Å². The highest BCUT2D eigenvalue weighted by Gasteiger charge is 2.32. The fourth-order valence-corrected chi connectivity index (χ4v) is 2.46. The largest absolute Gasteiger partial charge is 0.391 e. The van der Waals surface area contributed by atoms with Gasteiger partial charge in [0.1, 0.15) is 0 Å². The molecule has 0 radical (unpaired) electrons. The minimum Gasteiger partial charge on any atom is -0.391 e. The van der Waals surface area contributed by atoms with Gasteiger partial charge in [-0.2, -0.15) is 0 Å². The molecule has 0 aliphatic heterocycles. The van der Waals surface area contributed by atoms with E-state index in [0.717, 1.165) is 19.3 Å². The van der Waals surface area contributed by atoms with Crippen LogP contribution >= 0.6 is 0 Å². The van der Waals surface area contributed by atoms with Crippen LogP contribution in [0.3, 0.4) is 0 Å². The van der Waals surface area contributed by atoms with Crippen LogP contribution in [0.2, 0.25) is 0 Å². The highest BCUT2D eigenvalue weighted by Crippen LogP contribution is 2.34. The molecule has 2 rings (SSSR count). The maximum Gasteiger partial charge on any atom is 0.0732 e. The SMILES string of the molecule is CN[C@@H]1C2=CC=CCC2CC[C@H]1O. The maximum atomic E-state index is 9.78. The van der Waals surface area contributed by atoms with E-state index in [4.69, 9.17) is 0 Å². The number of allylic oxidation sites excluding steroid dienone is 3. The predicted octanol–water partition coefficient (Wildman–Crippen LogP) is 1.23.